The van der Waals surface area contributed by atoms with E-state index in [9.17, 15) is 0 Å². The third-order valence-corrected chi connectivity index (χ3v) is 9.98. The predicted molar refractivity (Wildman–Crippen MR) is 181 cm³/mol. The molecule has 0 aliphatic rings. The van der Waals surface area contributed by atoms with Crippen molar-refractivity contribution in [1.29, 1.82) is 0 Å². The molecule has 0 N–H and O–H groups in total. The maximum atomic E-state index is 4.94. The Morgan fingerprint density at radius 1 is 0.488 bits per heavy atom. The van der Waals surface area contributed by atoms with E-state index in [-0.39, 0.29) is 0 Å². The molecule has 0 bridgehead atoms. The van der Waals surface area contributed by atoms with Gasteiger partial charge in [-0.2, -0.15) is 0 Å². The van der Waals surface area contributed by atoms with Gasteiger partial charge in [0.25, 0.3) is 0 Å². The van der Waals surface area contributed by atoms with E-state index in [1.165, 1.54) is 41.8 Å². The molecule has 0 saturated carbocycles. The Morgan fingerprint density at radius 2 is 1.12 bits per heavy atom. The van der Waals surface area contributed by atoms with Crippen LogP contribution in [0.5, 0.6) is 0 Å². The monoisotopic (exact) mass is 566 g/mol. The largest absolute Gasteiger partial charge is 0.307 e. The Kier molecular flexibility index (Phi) is 4.57. The lowest BCUT2D eigenvalue weighted by molar-refractivity contribution is 1.15. The number of para-hydroxylation sites is 3. The average Bonchev–Trinajstić information content (AvgIpc) is 3.73. The zero-order chi connectivity index (χ0) is 28.1. The van der Waals surface area contributed by atoms with Crippen molar-refractivity contribution in [3.8, 4) is 11.4 Å². The minimum Gasteiger partial charge on any atom is -0.307 e. The zero-order valence-corrected chi connectivity index (χ0v) is 23.7. The first-order valence-electron chi connectivity index (χ1n) is 14.4. The summed E-state index contributed by atoms with van der Waals surface area (Å²) in [7, 11) is 0. The highest BCUT2D eigenvalue weighted by molar-refractivity contribution is 7.25. The predicted octanol–water partition coefficient (Wildman–Crippen LogP) is 10.2. The van der Waals surface area contributed by atoms with Crippen molar-refractivity contribution in [2.24, 2.45) is 0 Å². The fraction of sp³-hybridized carbons (Fsp3) is 0. The molecule has 4 nitrogen and oxygen atoms in total. The van der Waals surface area contributed by atoms with Gasteiger partial charge in [0.15, 0.2) is 0 Å². The summed E-state index contributed by atoms with van der Waals surface area (Å²) in [6, 6.07) is 43.8. The van der Waals surface area contributed by atoms with Gasteiger partial charge in [-0.1, -0.05) is 72.8 Å². The van der Waals surface area contributed by atoms with Crippen LogP contribution in [0.15, 0.2) is 134 Å². The van der Waals surface area contributed by atoms with Crippen LogP contribution in [-0.2, 0) is 0 Å². The van der Waals surface area contributed by atoms with E-state index in [4.69, 9.17) is 4.98 Å². The number of hydrogen-bond donors (Lipinski definition) is 0. The molecular weight excluding hydrogens is 545 g/mol. The number of fused-ring (bicyclic) bond motifs is 13. The summed E-state index contributed by atoms with van der Waals surface area (Å²) >= 11 is 1.85. The smallest absolute Gasteiger partial charge is 0.116 e. The first-order chi connectivity index (χ1) is 21.4. The van der Waals surface area contributed by atoms with Gasteiger partial charge >= 0.3 is 0 Å². The SMILES string of the molecule is c1ccc(-n2c3ccccc3c3c4ncncc4c4c5ccccc5n(-c5ccc6sc7ccccc7c6c5)c4c32)cc1. The van der Waals surface area contributed by atoms with Crippen molar-refractivity contribution in [2.45, 2.75) is 0 Å². The highest BCUT2D eigenvalue weighted by atomic mass is 32.1. The summed E-state index contributed by atoms with van der Waals surface area (Å²) in [4.78, 5) is 9.49. The highest BCUT2D eigenvalue weighted by Crippen LogP contribution is 2.46. The van der Waals surface area contributed by atoms with Crippen LogP contribution < -0.4 is 0 Å². The number of aromatic nitrogens is 4. The minimum atomic E-state index is 0.977. The third-order valence-electron chi connectivity index (χ3n) is 8.82. The van der Waals surface area contributed by atoms with Crippen molar-refractivity contribution in [1.82, 2.24) is 19.1 Å². The van der Waals surface area contributed by atoms with E-state index in [1.807, 2.05) is 17.5 Å². The van der Waals surface area contributed by atoms with Gasteiger partial charge in [-0.25, -0.2) is 9.97 Å². The van der Waals surface area contributed by atoms with Crippen LogP contribution >= 0.6 is 11.3 Å². The molecule has 5 heteroatoms. The molecular formula is C38H22N4S. The van der Waals surface area contributed by atoms with Crippen molar-refractivity contribution in [2.75, 3.05) is 0 Å². The van der Waals surface area contributed by atoms with Gasteiger partial charge in [0.05, 0.1) is 27.6 Å². The van der Waals surface area contributed by atoms with E-state index in [1.54, 1.807) is 6.33 Å². The Morgan fingerprint density at radius 3 is 1.93 bits per heavy atom. The lowest BCUT2D eigenvalue weighted by Gasteiger charge is -2.13. The topological polar surface area (TPSA) is 35.6 Å². The first kappa shape index (κ1) is 23.1. The Hall–Kier alpha value is -5.52. The van der Waals surface area contributed by atoms with E-state index in [0.29, 0.717) is 0 Å². The number of hydrogen-bond acceptors (Lipinski definition) is 3. The van der Waals surface area contributed by atoms with Crippen LogP contribution in [-0.4, -0.2) is 19.1 Å². The Labute approximate surface area is 249 Å². The molecule has 43 heavy (non-hydrogen) atoms. The van der Waals surface area contributed by atoms with Crippen LogP contribution in [0, 0.1) is 0 Å². The summed E-state index contributed by atoms with van der Waals surface area (Å²) in [5.41, 5.74) is 7.89. The van der Waals surface area contributed by atoms with E-state index < -0.39 is 0 Å². The van der Waals surface area contributed by atoms with Crippen molar-refractivity contribution in [3.05, 3.63) is 134 Å². The Bertz CT molecular complexity index is 2730. The minimum absolute atomic E-state index is 0.977. The molecule has 10 aromatic rings. The Balaban J connectivity index is 1.51. The van der Waals surface area contributed by atoms with Crippen molar-refractivity contribution < 1.29 is 0 Å². The summed E-state index contributed by atoms with van der Waals surface area (Å²) < 4.78 is 7.49. The molecule has 0 fully saturated rings. The highest BCUT2D eigenvalue weighted by Gasteiger charge is 2.25. The van der Waals surface area contributed by atoms with E-state index >= 15 is 0 Å². The molecule has 10 rings (SSSR count). The molecule has 0 spiro atoms. The van der Waals surface area contributed by atoms with Crippen LogP contribution in [0.25, 0.3) is 86.1 Å². The molecule has 4 heterocycles. The summed E-state index contributed by atoms with van der Waals surface area (Å²) in [6.45, 7) is 0. The normalized spacial score (nSPS) is 12.2. The van der Waals surface area contributed by atoms with Gasteiger partial charge in [0.2, 0.25) is 0 Å². The van der Waals surface area contributed by atoms with Gasteiger partial charge in [-0.05, 0) is 48.5 Å². The van der Waals surface area contributed by atoms with E-state index in [0.717, 1.165) is 44.2 Å². The van der Waals surface area contributed by atoms with Gasteiger partial charge < -0.3 is 9.13 Å². The molecule has 0 atom stereocenters. The van der Waals surface area contributed by atoms with E-state index in [2.05, 4.69) is 135 Å². The second-order valence-electron chi connectivity index (χ2n) is 11.1. The fourth-order valence-corrected chi connectivity index (χ4v) is 8.21. The van der Waals surface area contributed by atoms with Crippen molar-refractivity contribution in [3.63, 3.8) is 0 Å². The van der Waals surface area contributed by atoms with Crippen LogP contribution in [0.1, 0.15) is 0 Å². The summed E-state index contributed by atoms with van der Waals surface area (Å²) in [6.07, 6.45) is 3.67. The van der Waals surface area contributed by atoms with Crippen LogP contribution in [0.3, 0.4) is 0 Å². The summed E-state index contributed by atoms with van der Waals surface area (Å²) in [5.74, 6) is 0. The molecule has 4 aromatic heterocycles. The molecule has 0 aliphatic heterocycles. The van der Waals surface area contributed by atoms with Gasteiger partial charge in [0.1, 0.15) is 6.33 Å². The maximum Gasteiger partial charge on any atom is 0.116 e. The third kappa shape index (κ3) is 3.04. The second kappa shape index (κ2) is 8.51. The van der Waals surface area contributed by atoms with Crippen LogP contribution in [0.2, 0.25) is 0 Å². The van der Waals surface area contributed by atoms with Crippen molar-refractivity contribution >= 4 is 86.0 Å². The standard InChI is InChI=1S/C38H22N4S/c1-2-10-23(11-3-1)41-31-16-8-5-14-27(31)35-36-29(21-39-22-40-36)34-26-13-4-7-15-30(26)42(37(34)38(35)41)24-18-19-33-28(20-24)25-12-6-9-17-32(25)43-33/h1-22H. The lowest BCUT2D eigenvalue weighted by Crippen LogP contribution is -1.99. The zero-order valence-electron chi connectivity index (χ0n) is 22.9. The second-order valence-corrected chi connectivity index (χ2v) is 12.1. The maximum absolute atomic E-state index is 4.94. The molecule has 200 valence electrons. The molecule has 0 radical (unpaired) electrons. The van der Waals surface area contributed by atoms with Gasteiger partial charge in [-0.3, -0.25) is 0 Å². The average molecular weight is 567 g/mol. The molecule has 0 aliphatic carbocycles. The van der Waals surface area contributed by atoms with Crippen LogP contribution in [0.4, 0.5) is 0 Å². The molecule has 0 saturated heterocycles. The lowest BCUT2D eigenvalue weighted by atomic mass is 10.0. The number of nitrogens with zero attached hydrogens (tertiary/aromatic N) is 4. The quantitative estimate of drug-likeness (QED) is 0.209. The summed E-state index contributed by atoms with van der Waals surface area (Å²) in [5, 5.41) is 8.35. The number of thiophene rings is 1. The molecule has 0 amide bonds. The van der Waals surface area contributed by atoms with Gasteiger partial charge in [-0.15, -0.1) is 11.3 Å². The number of rotatable bonds is 2. The number of benzene rings is 6. The fourth-order valence-electron chi connectivity index (χ4n) is 7.12. The van der Waals surface area contributed by atoms with Gasteiger partial charge in [0, 0.05) is 64.7 Å². The molecule has 6 aromatic carbocycles. The molecule has 0 unspecified atom stereocenters. The first-order valence-corrected chi connectivity index (χ1v) is 15.2.